The van der Waals surface area contributed by atoms with E-state index in [2.05, 4.69) is 48.5 Å². The zero-order chi connectivity index (χ0) is 13.5. The van der Waals surface area contributed by atoms with Gasteiger partial charge >= 0.3 is 0 Å². The van der Waals surface area contributed by atoms with E-state index in [-0.39, 0.29) is 5.60 Å². The fourth-order valence-corrected chi connectivity index (χ4v) is 2.51. The molecule has 0 heterocycles. The van der Waals surface area contributed by atoms with Crippen molar-refractivity contribution in [3.05, 3.63) is 0 Å². The summed E-state index contributed by atoms with van der Waals surface area (Å²) in [5, 5.41) is 0. The summed E-state index contributed by atoms with van der Waals surface area (Å²) in [7, 11) is 0. The predicted molar refractivity (Wildman–Crippen MR) is 77.4 cm³/mol. The molecule has 0 aromatic heterocycles. The number of ether oxygens (including phenoxy) is 1. The van der Waals surface area contributed by atoms with Crippen LogP contribution in [0.5, 0.6) is 0 Å². The van der Waals surface area contributed by atoms with E-state index in [1.165, 1.54) is 12.8 Å². The lowest BCUT2D eigenvalue weighted by Gasteiger charge is -2.38. The van der Waals surface area contributed by atoms with Crippen molar-refractivity contribution in [3.8, 4) is 0 Å². The molecule has 0 bridgehead atoms. The minimum atomic E-state index is 0.122. The fraction of sp³-hybridized carbons (Fsp3) is 1.00. The van der Waals surface area contributed by atoms with Crippen molar-refractivity contribution in [2.45, 2.75) is 86.2 Å². The van der Waals surface area contributed by atoms with Gasteiger partial charge < -0.3 is 4.74 Å². The third-order valence-electron chi connectivity index (χ3n) is 5.38. The van der Waals surface area contributed by atoms with Gasteiger partial charge in [-0.25, -0.2) is 0 Å². The molecule has 0 saturated carbocycles. The summed E-state index contributed by atoms with van der Waals surface area (Å²) in [5.74, 6) is 0.640. The highest BCUT2D eigenvalue weighted by atomic mass is 16.5. The van der Waals surface area contributed by atoms with E-state index in [1.807, 2.05) is 0 Å². The molecule has 0 aliphatic carbocycles. The van der Waals surface area contributed by atoms with Crippen LogP contribution in [0, 0.1) is 11.3 Å². The molecule has 104 valence electrons. The fourth-order valence-electron chi connectivity index (χ4n) is 2.51. The maximum atomic E-state index is 6.29. The summed E-state index contributed by atoms with van der Waals surface area (Å²) in [6.45, 7) is 17.0. The Hall–Kier alpha value is -0.0400. The predicted octanol–water partition coefficient (Wildman–Crippen LogP) is 5.43. The molecule has 0 aromatic rings. The number of rotatable bonds is 9. The first-order chi connectivity index (χ1) is 7.93. The summed E-state index contributed by atoms with van der Waals surface area (Å²) in [6, 6.07) is 0. The molecule has 0 fully saturated rings. The van der Waals surface area contributed by atoms with Crippen molar-refractivity contribution < 1.29 is 4.74 Å². The van der Waals surface area contributed by atoms with Crippen molar-refractivity contribution in [2.75, 3.05) is 6.61 Å². The van der Waals surface area contributed by atoms with Crippen LogP contribution in [0.15, 0.2) is 0 Å². The molecule has 0 radical (unpaired) electrons. The molecule has 1 atom stereocenters. The van der Waals surface area contributed by atoms with E-state index in [0.29, 0.717) is 11.3 Å². The van der Waals surface area contributed by atoms with Crippen LogP contribution in [0.2, 0.25) is 0 Å². The first-order valence-electron chi connectivity index (χ1n) is 7.57. The Balaban J connectivity index is 4.44. The van der Waals surface area contributed by atoms with Crippen molar-refractivity contribution in [2.24, 2.45) is 11.3 Å². The smallest absolute Gasteiger partial charge is 0.0674 e. The van der Waals surface area contributed by atoms with Crippen LogP contribution in [0.3, 0.4) is 0 Å². The zero-order valence-electron chi connectivity index (χ0n) is 13.2. The van der Waals surface area contributed by atoms with Crippen LogP contribution in [-0.4, -0.2) is 12.2 Å². The van der Waals surface area contributed by atoms with Gasteiger partial charge in [-0.15, -0.1) is 0 Å². The largest absolute Gasteiger partial charge is 0.375 e. The van der Waals surface area contributed by atoms with Crippen molar-refractivity contribution >= 4 is 0 Å². The van der Waals surface area contributed by atoms with Gasteiger partial charge in [0.2, 0.25) is 0 Å². The summed E-state index contributed by atoms with van der Waals surface area (Å²) in [6.07, 6.45) is 5.86. The van der Waals surface area contributed by atoms with Gasteiger partial charge in [0.05, 0.1) is 12.2 Å². The lowest BCUT2D eigenvalue weighted by Crippen LogP contribution is -2.35. The Labute approximate surface area is 109 Å². The number of hydrogen-bond donors (Lipinski definition) is 0. The highest BCUT2D eigenvalue weighted by Crippen LogP contribution is 2.36. The molecule has 17 heavy (non-hydrogen) atoms. The number of hydrogen-bond acceptors (Lipinski definition) is 1. The molecular formula is C16H34O. The molecular weight excluding hydrogens is 208 g/mol. The van der Waals surface area contributed by atoms with Gasteiger partial charge in [-0.1, -0.05) is 61.3 Å². The van der Waals surface area contributed by atoms with Gasteiger partial charge in [0, 0.05) is 0 Å². The molecule has 1 heteroatoms. The summed E-state index contributed by atoms with van der Waals surface area (Å²) in [5.41, 5.74) is 0.553. The van der Waals surface area contributed by atoms with E-state index in [1.54, 1.807) is 0 Å². The van der Waals surface area contributed by atoms with Crippen molar-refractivity contribution in [3.63, 3.8) is 0 Å². The summed E-state index contributed by atoms with van der Waals surface area (Å²) in [4.78, 5) is 0. The SMILES string of the molecule is CCC(CC)(CC)OCC(C)C(C)(CC)CC. The molecule has 0 rings (SSSR count). The third kappa shape index (κ3) is 4.28. The van der Waals surface area contributed by atoms with Crippen LogP contribution in [0.1, 0.15) is 80.6 Å². The molecule has 0 saturated heterocycles. The minimum Gasteiger partial charge on any atom is -0.375 e. The van der Waals surface area contributed by atoms with Gasteiger partial charge in [-0.3, -0.25) is 0 Å². The van der Waals surface area contributed by atoms with E-state index in [4.69, 9.17) is 4.74 Å². The quantitative estimate of drug-likeness (QED) is 0.523. The normalized spacial score (nSPS) is 15.0. The van der Waals surface area contributed by atoms with Gasteiger partial charge in [-0.05, 0) is 30.6 Å². The molecule has 0 spiro atoms. The Morgan fingerprint density at radius 2 is 1.24 bits per heavy atom. The van der Waals surface area contributed by atoms with E-state index < -0.39 is 0 Å². The van der Waals surface area contributed by atoms with Crippen LogP contribution >= 0.6 is 0 Å². The van der Waals surface area contributed by atoms with E-state index in [9.17, 15) is 0 Å². The van der Waals surface area contributed by atoms with Crippen LogP contribution in [-0.2, 0) is 4.74 Å². The standard InChI is InChI=1S/C16H34O/c1-8-15(7,9-2)14(6)13-17-16(10-3,11-4)12-5/h14H,8-13H2,1-7H3. The Bertz CT molecular complexity index is 181. The van der Waals surface area contributed by atoms with Gasteiger partial charge in [0.15, 0.2) is 0 Å². The molecule has 0 amide bonds. The molecule has 1 nitrogen and oxygen atoms in total. The second-order valence-electron chi connectivity index (χ2n) is 5.82. The van der Waals surface area contributed by atoms with Crippen LogP contribution in [0.4, 0.5) is 0 Å². The average Bonchev–Trinajstić information content (AvgIpc) is 2.39. The minimum absolute atomic E-state index is 0.122. The van der Waals surface area contributed by atoms with Gasteiger partial charge in [-0.2, -0.15) is 0 Å². The summed E-state index contributed by atoms with van der Waals surface area (Å²) < 4.78 is 6.29. The Kier molecular flexibility index (Phi) is 7.39. The van der Waals surface area contributed by atoms with Crippen molar-refractivity contribution in [1.82, 2.24) is 0 Å². The monoisotopic (exact) mass is 242 g/mol. The van der Waals surface area contributed by atoms with Crippen LogP contribution in [0.25, 0.3) is 0 Å². The van der Waals surface area contributed by atoms with Crippen molar-refractivity contribution in [1.29, 1.82) is 0 Å². The topological polar surface area (TPSA) is 9.23 Å². The second kappa shape index (κ2) is 7.41. The lowest BCUT2D eigenvalue weighted by atomic mass is 9.74. The highest BCUT2D eigenvalue weighted by Gasteiger charge is 2.31. The third-order valence-corrected chi connectivity index (χ3v) is 5.38. The Morgan fingerprint density at radius 3 is 1.53 bits per heavy atom. The van der Waals surface area contributed by atoms with E-state index in [0.717, 1.165) is 25.9 Å². The molecule has 0 aromatic carbocycles. The molecule has 0 aliphatic rings. The van der Waals surface area contributed by atoms with Crippen LogP contribution < -0.4 is 0 Å². The maximum absolute atomic E-state index is 6.29. The highest BCUT2D eigenvalue weighted by molar-refractivity contribution is 4.80. The average molecular weight is 242 g/mol. The van der Waals surface area contributed by atoms with E-state index >= 15 is 0 Å². The molecule has 1 unspecified atom stereocenters. The summed E-state index contributed by atoms with van der Waals surface area (Å²) >= 11 is 0. The molecule has 0 aliphatic heterocycles. The lowest BCUT2D eigenvalue weighted by molar-refractivity contribution is -0.0836. The molecule has 0 N–H and O–H groups in total. The maximum Gasteiger partial charge on any atom is 0.0674 e. The van der Waals surface area contributed by atoms with Gasteiger partial charge in [0.1, 0.15) is 0 Å². The Morgan fingerprint density at radius 1 is 0.824 bits per heavy atom. The first kappa shape index (κ1) is 17.0. The van der Waals surface area contributed by atoms with Gasteiger partial charge in [0.25, 0.3) is 0 Å². The zero-order valence-corrected chi connectivity index (χ0v) is 13.2. The first-order valence-corrected chi connectivity index (χ1v) is 7.57. The second-order valence-corrected chi connectivity index (χ2v) is 5.82.